The van der Waals surface area contributed by atoms with Crippen molar-refractivity contribution in [3.05, 3.63) is 60.0 Å². The summed E-state index contributed by atoms with van der Waals surface area (Å²) >= 11 is 25.8. The molecule has 0 spiro atoms. The van der Waals surface area contributed by atoms with Gasteiger partial charge in [-0.25, -0.2) is 0 Å². The molecule has 216 valence electrons. The first-order chi connectivity index (χ1) is 19.1. The zero-order chi connectivity index (χ0) is 30.5. The fourth-order valence-electron chi connectivity index (χ4n) is 6.31. The molecule has 12 heteroatoms. The van der Waals surface area contributed by atoms with Gasteiger partial charge in [0.1, 0.15) is 28.0 Å². The van der Waals surface area contributed by atoms with Gasteiger partial charge in [-0.2, -0.15) is 0 Å². The third kappa shape index (κ3) is 3.71. The van der Waals surface area contributed by atoms with Gasteiger partial charge in [0, 0.05) is 28.7 Å². The molecule has 5 rings (SSSR count). The predicted octanol–water partition coefficient (Wildman–Crippen LogP) is 6.67. The maximum absolute atomic E-state index is 14.5. The Labute approximate surface area is 254 Å². The minimum Gasteiger partial charge on any atom is -0.507 e. The second kappa shape index (κ2) is 9.57. The number of hydrogen-bond acceptors (Lipinski definition) is 8. The van der Waals surface area contributed by atoms with Gasteiger partial charge in [0.2, 0.25) is 11.6 Å². The van der Waals surface area contributed by atoms with Crippen LogP contribution in [0.1, 0.15) is 51.3 Å². The summed E-state index contributed by atoms with van der Waals surface area (Å²) in [7, 11) is 2.76. The average molecular weight is 642 g/mol. The molecule has 4 N–H and O–H groups in total. The lowest BCUT2D eigenvalue weighted by molar-refractivity contribution is -0.0202. The summed E-state index contributed by atoms with van der Waals surface area (Å²) in [5.74, 6) is -4.68. The molecule has 3 aromatic rings. The van der Waals surface area contributed by atoms with Crippen LogP contribution in [0.5, 0.6) is 28.7 Å². The maximum Gasteiger partial charge on any atom is 0.206 e. The number of aliphatic hydroxyl groups is 1. The number of fused-ring (bicyclic) bond motifs is 3. The molecule has 2 unspecified atom stereocenters. The van der Waals surface area contributed by atoms with Crippen molar-refractivity contribution in [1.82, 2.24) is 0 Å². The number of benzene rings is 3. The average Bonchev–Trinajstić information content (AvgIpc) is 2.92. The minimum atomic E-state index is -2.71. The van der Waals surface area contributed by atoms with Crippen molar-refractivity contribution in [3.63, 3.8) is 0 Å². The van der Waals surface area contributed by atoms with E-state index < -0.39 is 50.6 Å². The van der Waals surface area contributed by atoms with Crippen molar-refractivity contribution < 1.29 is 39.5 Å². The Kier molecular flexibility index (Phi) is 6.91. The maximum atomic E-state index is 14.5. The van der Waals surface area contributed by atoms with Gasteiger partial charge in [-0.3, -0.25) is 9.59 Å². The molecule has 2 atom stereocenters. The van der Waals surface area contributed by atoms with Crippen molar-refractivity contribution >= 4 is 58.0 Å². The third-order valence-electron chi connectivity index (χ3n) is 8.39. The lowest BCUT2D eigenvalue weighted by atomic mass is 9.52. The van der Waals surface area contributed by atoms with Gasteiger partial charge in [0.25, 0.3) is 0 Å². The highest BCUT2D eigenvalue weighted by Crippen LogP contribution is 2.60. The molecule has 0 saturated heterocycles. The number of ether oxygens (including phenoxy) is 2. The van der Waals surface area contributed by atoms with E-state index in [4.69, 9.17) is 55.9 Å². The zero-order valence-corrected chi connectivity index (χ0v) is 25.4. The quantitative estimate of drug-likeness (QED) is 0.233. The van der Waals surface area contributed by atoms with Gasteiger partial charge in [-0.05, 0) is 41.5 Å². The summed E-state index contributed by atoms with van der Waals surface area (Å²) < 4.78 is 10.7. The number of methoxy groups -OCH3 is 2. The number of phenolic OH excluding ortho intramolecular Hbond substituents is 3. The second-order valence-corrected chi connectivity index (χ2v) is 12.2. The largest absolute Gasteiger partial charge is 0.507 e. The molecule has 2 aliphatic rings. The van der Waals surface area contributed by atoms with Gasteiger partial charge in [0.05, 0.1) is 34.9 Å². The molecule has 0 radical (unpaired) electrons. The van der Waals surface area contributed by atoms with E-state index in [2.05, 4.69) is 0 Å². The van der Waals surface area contributed by atoms with Crippen LogP contribution in [0.2, 0.25) is 20.1 Å². The molecule has 2 aliphatic carbocycles. The molecule has 0 aliphatic heterocycles. The number of carbonyl (C=O) groups excluding carboxylic acids is 2. The van der Waals surface area contributed by atoms with Gasteiger partial charge < -0.3 is 29.9 Å². The highest BCUT2D eigenvalue weighted by atomic mass is 35.5. The molecule has 0 aromatic heterocycles. The van der Waals surface area contributed by atoms with E-state index in [1.807, 2.05) is 0 Å². The topological polar surface area (TPSA) is 134 Å². The van der Waals surface area contributed by atoms with Gasteiger partial charge in [-0.1, -0.05) is 60.3 Å². The highest BCUT2D eigenvalue weighted by molar-refractivity contribution is 6.41. The Morgan fingerprint density at radius 1 is 0.805 bits per heavy atom. The number of hydrogen-bond donors (Lipinski definition) is 4. The van der Waals surface area contributed by atoms with Gasteiger partial charge >= 0.3 is 0 Å². The van der Waals surface area contributed by atoms with E-state index in [0.29, 0.717) is 5.56 Å². The van der Waals surface area contributed by atoms with Crippen molar-refractivity contribution in [1.29, 1.82) is 0 Å². The number of carbonyl (C=O) groups is 2. The summed E-state index contributed by atoms with van der Waals surface area (Å²) in [4.78, 5) is 28.6. The number of ketones is 2. The smallest absolute Gasteiger partial charge is 0.206 e. The van der Waals surface area contributed by atoms with Gasteiger partial charge in [0.15, 0.2) is 11.4 Å². The number of Topliss-reactive ketones (excluding diaryl/α,β-unsaturated/α-hetero) is 2. The van der Waals surface area contributed by atoms with Crippen LogP contribution >= 0.6 is 46.4 Å². The first-order valence-electron chi connectivity index (χ1n) is 12.3. The molecule has 3 aromatic carbocycles. The molecule has 0 amide bonds. The Balaban J connectivity index is 1.88. The summed E-state index contributed by atoms with van der Waals surface area (Å²) in [6, 6.07) is 2.70. The molecule has 0 saturated carbocycles. The van der Waals surface area contributed by atoms with E-state index in [1.54, 1.807) is 20.8 Å². The summed E-state index contributed by atoms with van der Waals surface area (Å²) in [5.41, 5.74) is -3.70. The molecule has 41 heavy (non-hydrogen) atoms. The van der Waals surface area contributed by atoms with E-state index in [-0.39, 0.29) is 66.6 Å². The van der Waals surface area contributed by atoms with Crippen LogP contribution in [0, 0.1) is 12.8 Å². The Morgan fingerprint density at radius 3 is 1.95 bits per heavy atom. The number of halogens is 4. The molecular weight excluding hydrogens is 618 g/mol. The molecule has 0 heterocycles. The van der Waals surface area contributed by atoms with Crippen LogP contribution in [0.15, 0.2) is 12.1 Å². The normalized spacial score (nSPS) is 20.8. The van der Waals surface area contributed by atoms with Crippen molar-refractivity contribution in [2.24, 2.45) is 5.92 Å². The number of rotatable bonds is 3. The number of phenols is 3. The third-order valence-corrected chi connectivity index (χ3v) is 10.00. The molecule has 0 fully saturated rings. The van der Waals surface area contributed by atoms with Crippen molar-refractivity contribution in [3.8, 4) is 39.9 Å². The van der Waals surface area contributed by atoms with Crippen LogP contribution in [-0.2, 0) is 11.8 Å². The first-order valence-corrected chi connectivity index (χ1v) is 13.8. The van der Waals surface area contributed by atoms with Crippen LogP contribution in [-0.4, -0.2) is 51.8 Å². The minimum absolute atomic E-state index is 0.0316. The lowest BCUT2D eigenvalue weighted by Crippen LogP contribution is -2.64. The summed E-state index contributed by atoms with van der Waals surface area (Å²) in [6.07, 6.45) is -0.122. The monoisotopic (exact) mass is 640 g/mol. The Bertz CT molecular complexity index is 1710. The first kappa shape index (κ1) is 29.6. The van der Waals surface area contributed by atoms with Crippen molar-refractivity contribution in [2.45, 2.75) is 38.2 Å². The lowest BCUT2D eigenvalue weighted by Gasteiger charge is -2.51. The number of aromatic hydroxyl groups is 3. The molecule has 0 bridgehead atoms. The van der Waals surface area contributed by atoms with Crippen LogP contribution in [0.4, 0.5) is 0 Å². The predicted molar refractivity (Wildman–Crippen MR) is 155 cm³/mol. The fraction of sp³-hybridized carbons (Fsp3) is 0.310. The van der Waals surface area contributed by atoms with Crippen LogP contribution in [0.25, 0.3) is 11.1 Å². The van der Waals surface area contributed by atoms with E-state index in [9.17, 15) is 30.0 Å². The van der Waals surface area contributed by atoms with Crippen molar-refractivity contribution in [2.75, 3.05) is 14.2 Å². The Hall–Kier alpha value is -2.88. The second-order valence-electron chi connectivity index (χ2n) is 10.7. The van der Waals surface area contributed by atoms with Crippen LogP contribution in [0.3, 0.4) is 0 Å². The fourth-order valence-corrected chi connectivity index (χ4v) is 7.51. The summed E-state index contributed by atoms with van der Waals surface area (Å²) in [5, 5.41) is 43.9. The van der Waals surface area contributed by atoms with Gasteiger partial charge in [-0.15, -0.1) is 0 Å². The molecule has 8 nitrogen and oxygen atoms in total. The molecular formula is C29H24Cl4O8. The zero-order valence-electron chi connectivity index (χ0n) is 22.4. The van der Waals surface area contributed by atoms with Crippen LogP contribution < -0.4 is 9.47 Å². The van der Waals surface area contributed by atoms with E-state index in [1.165, 1.54) is 26.4 Å². The standard InChI is InChI=1S/C29H24Cl4O8/c1-9-16(12(34)8-14(41-5)20(9)30)10-6-13(40-4)21(31)11-7-15-28(2,3)19-18(24(35)23(33)25(36)22(19)32)27(38)29(15,39)26(37)17(10)11/h6,8,15,34-36,39H,7H2,1-5H3. The Morgan fingerprint density at radius 2 is 1.37 bits per heavy atom. The summed E-state index contributed by atoms with van der Waals surface area (Å²) in [6.45, 7) is 4.86. The SMILES string of the molecule is COc1cc(O)c(-c2cc(OC)c(Cl)c3c2C(=O)C2(O)C(=O)c4c(O)c(Cl)c(O)c(Cl)c4C(C)(C)C2C3)c(C)c1Cl. The van der Waals surface area contributed by atoms with E-state index in [0.717, 1.165) is 0 Å². The van der Waals surface area contributed by atoms with E-state index >= 15 is 0 Å². The highest BCUT2D eigenvalue weighted by Gasteiger charge is 2.65.